The van der Waals surface area contributed by atoms with Crippen molar-refractivity contribution in [2.45, 2.75) is 38.6 Å². The molecule has 1 aromatic rings. The second-order valence-corrected chi connectivity index (χ2v) is 7.00. The number of nitrogens with one attached hydrogen (secondary N) is 2. The molecule has 1 aliphatic heterocycles. The molecule has 1 saturated heterocycles. The molecule has 1 aliphatic rings. The van der Waals surface area contributed by atoms with Crippen LogP contribution in [0.15, 0.2) is 18.2 Å². The lowest BCUT2D eigenvalue weighted by molar-refractivity contribution is -0.150. The Labute approximate surface area is 166 Å². The molecule has 4 amide bonds. The van der Waals surface area contributed by atoms with Gasteiger partial charge >= 0.3 is 12.0 Å². The molecule has 1 aromatic carbocycles. The highest BCUT2D eigenvalue weighted by Gasteiger charge is 2.47. The van der Waals surface area contributed by atoms with Crippen molar-refractivity contribution in [2.75, 3.05) is 18.5 Å². The molecule has 2 rings (SSSR count). The lowest BCUT2D eigenvalue weighted by atomic mass is 9.95. The van der Waals surface area contributed by atoms with Gasteiger partial charge in [0, 0.05) is 5.69 Å². The van der Waals surface area contributed by atoms with Crippen LogP contribution < -0.4 is 10.6 Å². The minimum Gasteiger partial charge on any atom is -0.454 e. The van der Waals surface area contributed by atoms with Crippen LogP contribution >= 0.6 is 11.6 Å². The average molecular weight is 414 g/mol. The minimum absolute atomic E-state index is 0.167. The van der Waals surface area contributed by atoms with Crippen LogP contribution in [0.2, 0.25) is 5.02 Å². The van der Waals surface area contributed by atoms with Gasteiger partial charge < -0.3 is 15.4 Å². The number of urea groups is 1. The van der Waals surface area contributed by atoms with Crippen LogP contribution in [0.5, 0.6) is 0 Å². The molecule has 1 atom stereocenters. The summed E-state index contributed by atoms with van der Waals surface area (Å²) < 4.78 is 17.9. The normalized spacial score (nSPS) is 18.8. The molecule has 8 nitrogen and oxygen atoms in total. The van der Waals surface area contributed by atoms with Crippen LogP contribution in [-0.2, 0) is 19.1 Å². The van der Waals surface area contributed by atoms with Crippen LogP contribution in [0.3, 0.4) is 0 Å². The first-order valence-corrected chi connectivity index (χ1v) is 9.08. The highest BCUT2D eigenvalue weighted by molar-refractivity contribution is 6.31. The Bertz CT molecular complexity index is 803. The van der Waals surface area contributed by atoms with Gasteiger partial charge in [0.1, 0.15) is 17.9 Å². The molecule has 1 heterocycles. The molecule has 0 spiro atoms. The zero-order valence-corrected chi connectivity index (χ0v) is 16.3. The number of imide groups is 1. The number of nitrogens with zero attached hydrogens (tertiary/aromatic N) is 1. The predicted molar refractivity (Wildman–Crippen MR) is 99.2 cm³/mol. The number of hydrogen-bond donors (Lipinski definition) is 2. The first-order valence-electron chi connectivity index (χ1n) is 8.71. The third kappa shape index (κ3) is 5.19. The van der Waals surface area contributed by atoms with Gasteiger partial charge in [0.2, 0.25) is 0 Å². The number of amides is 4. The van der Waals surface area contributed by atoms with Crippen molar-refractivity contribution in [3.8, 4) is 0 Å². The van der Waals surface area contributed by atoms with Gasteiger partial charge in [0.25, 0.3) is 11.8 Å². The number of benzene rings is 1. The fourth-order valence-corrected chi connectivity index (χ4v) is 2.86. The number of rotatable bonds is 8. The number of esters is 1. The summed E-state index contributed by atoms with van der Waals surface area (Å²) in [4.78, 5) is 48.9. The minimum atomic E-state index is -1.05. The summed E-state index contributed by atoms with van der Waals surface area (Å²) in [7, 11) is 0. The SMILES string of the molecule is CCCC[C@@]1(C)NC(=O)N(CC(=O)OCC(=O)Nc2ccc(F)c(Cl)c2)C1=O. The van der Waals surface area contributed by atoms with E-state index in [1.807, 2.05) is 6.92 Å². The highest BCUT2D eigenvalue weighted by atomic mass is 35.5. The molecular formula is C18H21ClFN3O5. The van der Waals surface area contributed by atoms with E-state index >= 15 is 0 Å². The van der Waals surface area contributed by atoms with E-state index in [2.05, 4.69) is 10.6 Å². The van der Waals surface area contributed by atoms with E-state index in [0.717, 1.165) is 23.8 Å². The smallest absolute Gasteiger partial charge is 0.326 e. The first-order chi connectivity index (χ1) is 13.2. The largest absolute Gasteiger partial charge is 0.454 e. The van der Waals surface area contributed by atoms with E-state index < -0.39 is 48.3 Å². The van der Waals surface area contributed by atoms with Gasteiger partial charge in [0.15, 0.2) is 6.61 Å². The summed E-state index contributed by atoms with van der Waals surface area (Å²) >= 11 is 5.62. The van der Waals surface area contributed by atoms with E-state index in [1.165, 1.54) is 12.1 Å². The topological polar surface area (TPSA) is 105 Å². The molecule has 28 heavy (non-hydrogen) atoms. The van der Waals surface area contributed by atoms with Crippen molar-refractivity contribution < 1.29 is 28.3 Å². The summed E-state index contributed by atoms with van der Waals surface area (Å²) in [5.41, 5.74) is -0.819. The second-order valence-electron chi connectivity index (χ2n) is 6.59. The second kappa shape index (κ2) is 9.01. The number of anilines is 1. The fourth-order valence-electron chi connectivity index (χ4n) is 2.68. The van der Waals surface area contributed by atoms with Gasteiger partial charge in [-0.1, -0.05) is 31.4 Å². The predicted octanol–water partition coefficient (Wildman–Crippen LogP) is 2.46. The van der Waals surface area contributed by atoms with Crippen LogP contribution in [0, 0.1) is 5.82 Å². The van der Waals surface area contributed by atoms with Crippen molar-refractivity contribution in [3.05, 3.63) is 29.0 Å². The summed E-state index contributed by atoms with van der Waals surface area (Å²) in [5, 5.41) is 4.80. The number of ether oxygens (including phenoxy) is 1. The van der Waals surface area contributed by atoms with Gasteiger partial charge in [-0.25, -0.2) is 9.18 Å². The molecule has 10 heteroatoms. The summed E-state index contributed by atoms with van der Waals surface area (Å²) in [5.74, 6) is -2.73. The van der Waals surface area contributed by atoms with E-state index in [4.69, 9.17) is 16.3 Å². The van der Waals surface area contributed by atoms with Crippen LogP contribution in [0.1, 0.15) is 33.1 Å². The molecule has 2 N–H and O–H groups in total. The maximum absolute atomic E-state index is 13.1. The third-order valence-corrected chi connectivity index (χ3v) is 4.52. The van der Waals surface area contributed by atoms with E-state index in [-0.39, 0.29) is 10.7 Å². The van der Waals surface area contributed by atoms with Gasteiger partial charge in [-0.3, -0.25) is 19.3 Å². The van der Waals surface area contributed by atoms with Crippen LogP contribution in [0.4, 0.5) is 14.9 Å². The lowest BCUT2D eigenvalue weighted by Crippen LogP contribution is -2.44. The number of carbonyl (C=O) groups is 4. The molecule has 0 unspecified atom stereocenters. The number of hydrogen-bond acceptors (Lipinski definition) is 5. The highest BCUT2D eigenvalue weighted by Crippen LogP contribution is 2.23. The number of carbonyl (C=O) groups excluding carboxylic acids is 4. The van der Waals surface area contributed by atoms with Crippen LogP contribution in [0.25, 0.3) is 0 Å². The fraction of sp³-hybridized carbons (Fsp3) is 0.444. The number of halogens is 2. The maximum atomic E-state index is 13.1. The molecule has 0 saturated carbocycles. The standard InChI is InChI=1S/C18H21ClFN3O5/c1-3-4-7-18(2)16(26)23(17(27)22-18)9-15(25)28-10-14(24)21-11-5-6-13(20)12(19)8-11/h5-6,8H,3-4,7,9-10H2,1-2H3,(H,21,24)(H,22,27)/t18-/m1/s1. The zero-order valence-electron chi connectivity index (χ0n) is 15.5. The Morgan fingerprint density at radius 2 is 2.07 bits per heavy atom. The van der Waals surface area contributed by atoms with E-state index in [1.54, 1.807) is 6.92 Å². The maximum Gasteiger partial charge on any atom is 0.326 e. The van der Waals surface area contributed by atoms with Crippen molar-refractivity contribution in [2.24, 2.45) is 0 Å². The van der Waals surface area contributed by atoms with Gasteiger partial charge in [-0.05, 0) is 31.5 Å². The Balaban J connectivity index is 1.84. The quantitative estimate of drug-likeness (QED) is 0.503. The lowest BCUT2D eigenvalue weighted by Gasteiger charge is -2.21. The molecule has 0 radical (unpaired) electrons. The van der Waals surface area contributed by atoms with Gasteiger partial charge in [0.05, 0.1) is 5.02 Å². The molecule has 0 bridgehead atoms. The Morgan fingerprint density at radius 3 is 2.71 bits per heavy atom. The first kappa shape index (κ1) is 21.6. The number of unbranched alkanes of at least 4 members (excludes halogenated alkanes) is 1. The Kier molecular flexibility index (Phi) is 6.95. The summed E-state index contributed by atoms with van der Waals surface area (Å²) in [6, 6.07) is 2.91. The molecule has 1 fully saturated rings. The summed E-state index contributed by atoms with van der Waals surface area (Å²) in [6.07, 6.45) is 2.06. The van der Waals surface area contributed by atoms with Gasteiger partial charge in [-0.2, -0.15) is 0 Å². The molecule has 0 aromatic heterocycles. The van der Waals surface area contributed by atoms with E-state index in [0.29, 0.717) is 6.42 Å². The van der Waals surface area contributed by atoms with Crippen molar-refractivity contribution in [1.29, 1.82) is 0 Å². The van der Waals surface area contributed by atoms with Crippen molar-refractivity contribution >= 4 is 41.1 Å². The Hall–Kier alpha value is -2.68. The van der Waals surface area contributed by atoms with Crippen LogP contribution in [-0.4, -0.2) is 47.4 Å². The monoisotopic (exact) mass is 413 g/mol. The van der Waals surface area contributed by atoms with E-state index in [9.17, 15) is 23.6 Å². The summed E-state index contributed by atoms with van der Waals surface area (Å²) in [6.45, 7) is 2.34. The molecular weight excluding hydrogens is 393 g/mol. The Morgan fingerprint density at radius 1 is 1.36 bits per heavy atom. The third-order valence-electron chi connectivity index (χ3n) is 4.23. The zero-order chi connectivity index (χ0) is 20.9. The van der Waals surface area contributed by atoms with Crippen molar-refractivity contribution in [1.82, 2.24) is 10.2 Å². The van der Waals surface area contributed by atoms with Crippen molar-refractivity contribution in [3.63, 3.8) is 0 Å². The average Bonchev–Trinajstić information content (AvgIpc) is 2.85. The molecule has 152 valence electrons. The molecule has 0 aliphatic carbocycles. The van der Waals surface area contributed by atoms with Gasteiger partial charge in [-0.15, -0.1) is 0 Å².